The minimum atomic E-state index is -1.20. The summed E-state index contributed by atoms with van der Waals surface area (Å²) in [6.07, 6.45) is 0.451. The van der Waals surface area contributed by atoms with Gasteiger partial charge in [-0.25, -0.2) is 4.79 Å². The molecule has 7 heteroatoms. The van der Waals surface area contributed by atoms with Gasteiger partial charge in [0.15, 0.2) is 6.04 Å². The molecule has 120 valence electrons. The number of likely N-dealkylation sites (tertiary alicyclic amines) is 1. The molecule has 0 saturated carbocycles. The number of rotatable bonds is 3. The van der Waals surface area contributed by atoms with E-state index in [4.69, 9.17) is 0 Å². The average molecular weight is 316 g/mol. The van der Waals surface area contributed by atoms with Crippen molar-refractivity contribution in [2.24, 2.45) is 0 Å². The number of benzene rings is 1. The number of imide groups is 1. The van der Waals surface area contributed by atoms with Gasteiger partial charge in [-0.1, -0.05) is 19.1 Å². The van der Waals surface area contributed by atoms with E-state index in [2.05, 4.69) is 0 Å². The van der Waals surface area contributed by atoms with Gasteiger partial charge in [0, 0.05) is 13.0 Å². The van der Waals surface area contributed by atoms with Gasteiger partial charge in [0.1, 0.15) is 0 Å². The molecule has 2 aliphatic rings. The minimum Gasteiger partial charge on any atom is -0.480 e. The molecule has 7 nitrogen and oxygen atoms in total. The van der Waals surface area contributed by atoms with Gasteiger partial charge < -0.3 is 10.0 Å². The van der Waals surface area contributed by atoms with Crippen LogP contribution in [0.3, 0.4) is 0 Å². The lowest BCUT2D eigenvalue weighted by atomic mass is 10.1. The molecule has 1 fully saturated rings. The van der Waals surface area contributed by atoms with Crippen molar-refractivity contribution in [2.75, 3.05) is 6.54 Å². The van der Waals surface area contributed by atoms with E-state index in [9.17, 15) is 24.3 Å². The Morgan fingerprint density at radius 3 is 2.22 bits per heavy atom. The van der Waals surface area contributed by atoms with Crippen LogP contribution in [0.15, 0.2) is 24.3 Å². The standard InChI is InChI=1S/C16H16N2O5/c1-2-12(19)17-8-7-11(13(17)16(22)23)18-14(20)9-5-3-4-6-10(9)15(18)21/h3-6,11,13H,2,7-8H2,1H3,(H,22,23)/t11?,13-/m0/s1. The zero-order chi connectivity index (χ0) is 16.7. The van der Waals surface area contributed by atoms with Crippen LogP contribution in [0.2, 0.25) is 0 Å². The number of carbonyl (C=O) groups is 4. The Hall–Kier alpha value is -2.70. The highest BCUT2D eigenvalue weighted by Gasteiger charge is 2.50. The lowest BCUT2D eigenvalue weighted by Crippen LogP contribution is -2.52. The number of fused-ring (bicyclic) bond motifs is 1. The molecule has 0 bridgehead atoms. The van der Waals surface area contributed by atoms with Crippen molar-refractivity contribution in [1.29, 1.82) is 0 Å². The maximum Gasteiger partial charge on any atom is 0.328 e. The van der Waals surface area contributed by atoms with Gasteiger partial charge in [0.25, 0.3) is 11.8 Å². The van der Waals surface area contributed by atoms with Crippen LogP contribution in [0.25, 0.3) is 0 Å². The fourth-order valence-electron chi connectivity index (χ4n) is 3.34. The van der Waals surface area contributed by atoms with Crippen molar-refractivity contribution in [3.8, 4) is 0 Å². The van der Waals surface area contributed by atoms with Gasteiger partial charge in [0.2, 0.25) is 5.91 Å². The molecule has 1 aromatic rings. The summed E-state index contributed by atoms with van der Waals surface area (Å²) in [6, 6.07) is 4.39. The van der Waals surface area contributed by atoms with E-state index in [1.54, 1.807) is 31.2 Å². The number of amides is 3. The molecule has 3 rings (SSSR count). The van der Waals surface area contributed by atoms with Crippen molar-refractivity contribution >= 4 is 23.7 Å². The Kier molecular flexibility index (Phi) is 3.63. The molecule has 23 heavy (non-hydrogen) atoms. The Morgan fingerprint density at radius 2 is 1.74 bits per heavy atom. The van der Waals surface area contributed by atoms with Crippen molar-refractivity contribution in [2.45, 2.75) is 31.8 Å². The first kappa shape index (κ1) is 15.2. The zero-order valence-corrected chi connectivity index (χ0v) is 12.6. The normalized spacial score (nSPS) is 23.3. The second-order valence-corrected chi connectivity index (χ2v) is 5.61. The topological polar surface area (TPSA) is 95.0 Å². The van der Waals surface area contributed by atoms with Crippen molar-refractivity contribution in [3.05, 3.63) is 35.4 Å². The van der Waals surface area contributed by atoms with E-state index < -0.39 is 29.9 Å². The summed E-state index contributed by atoms with van der Waals surface area (Å²) in [5.41, 5.74) is 0.559. The number of hydrogen-bond acceptors (Lipinski definition) is 4. The number of carboxylic acids is 1. The van der Waals surface area contributed by atoms with Crippen molar-refractivity contribution < 1.29 is 24.3 Å². The van der Waals surface area contributed by atoms with Crippen LogP contribution in [0.5, 0.6) is 0 Å². The van der Waals surface area contributed by atoms with Gasteiger partial charge in [0.05, 0.1) is 17.2 Å². The molecular formula is C16H16N2O5. The molecule has 3 amide bonds. The summed E-state index contributed by atoms with van der Waals surface area (Å²) in [4.78, 5) is 50.9. The first-order valence-electron chi connectivity index (χ1n) is 7.46. The number of nitrogens with zero attached hydrogens (tertiary/aromatic N) is 2. The van der Waals surface area contributed by atoms with Crippen LogP contribution in [-0.2, 0) is 9.59 Å². The van der Waals surface area contributed by atoms with E-state index in [1.165, 1.54) is 4.90 Å². The molecule has 0 aliphatic carbocycles. The van der Waals surface area contributed by atoms with Crippen LogP contribution in [-0.4, -0.2) is 57.2 Å². The highest BCUT2D eigenvalue weighted by molar-refractivity contribution is 6.21. The van der Waals surface area contributed by atoms with Gasteiger partial charge in [-0.2, -0.15) is 0 Å². The first-order valence-corrected chi connectivity index (χ1v) is 7.46. The van der Waals surface area contributed by atoms with Gasteiger partial charge in [-0.15, -0.1) is 0 Å². The molecule has 0 aromatic heterocycles. The highest BCUT2D eigenvalue weighted by Crippen LogP contribution is 2.31. The average Bonchev–Trinajstić information content (AvgIpc) is 3.08. The Balaban J connectivity index is 1.96. The van der Waals surface area contributed by atoms with E-state index in [0.29, 0.717) is 0 Å². The number of carboxylic acid groups (broad SMARTS) is 1. The van der Waals surface area contributed by atoms with E-state index in [-0.39, 0.29) is 36.4 Å². The Morgan fingerprint density at radius 1 is 1.17 bits per heavy atom. The molecule has 1 unspecified atom stereocenters. The SMILES string of the molecule is CCC(=O)N1CCC(N2C(=O)c3ccccc3C2=O)[C@H]1C(=O)O. The third-order valence-corrected chi connectivity index (χ3v) is 4.40. The summed E-state index contributed by atoms with van der Waals surface area (Å²) in [7, 11) is 0. The van der Waals surface area contributed by atoms with Gasteiger partial charge in [-0.05, 0) is 18.6 Å². The lowest BCUT2D eigenvalue weighted by Gasteiger charge is -2.29. The van der Waals surface area contributed by atoms with E-state index in [0.717, 1.165) is 4.90 Å². The monoisotopic (exact) mass is 316 g/mol. The van der Waals surface area contributed by atoms with Crippen LogP contribution in [0.4, 0.5) is 0 Å². The lowest BCUT2D eigenvalue weighted by molar-refractivity contribution is -0.149. The summed E-state index contributed by atoms with van der Waals surface area (Å²) in [5.74, 6) is -2.48. The summed E-state index contributed by atoms with van der Waals surface area (Å²) in [5, 5.41) is 9.51. The molecule has 2 aliphatic heterocycles. The molecule has 2 atom stereocenters. The molecule has 2 heterocycles. The fraction of sp³-hybridized carbons (Fsp3) is 0.375. The van der Waals surface area contributed by atoms with Crippen LogP contribution >= 0.6 is 0 Å². The number of carbonyl (C=O) groups excluding carboxylic acids is 3. The van der Waals surface area contributed by atoms with Crippen LogP contribution in [0, 0.1) is 0 Å². The number of aliphatic carboxylic acids is 1. The minimum absolute atomic E-state index is 0.179. The summed E-state index contributed by atoms with van der Waals surface area (Å²) < 4.78 is 0. The summed E-state index contributed by atoms with van der Waals surface area (Å²) in [6.45, 7) is 1.87. The predicted molar refractivity (Wildman–Crippen MR) is 78.8 cm³/mol. The molecule has 0 radical (unpaired) electrons. The first-order chi connectivity index (χ1) is 11.0. The molecule has 0 spiro atoms. The molecule has 1 aromatic carbocycles. The van der Waals surface area contributed by atoms with Crippen molar-refractivity contribution in [3.63, 3.8) is 0 Å². The maximum atomic E-state index is 12.5. The fourth-order valence-corrected chi connectivity index (χ4v) is 3.34. The Labute approximate surface area is 132 Å². The molecule has 1 N–H and O–H groups in total. The third kappa shape index (κ3) is 2.19. The third-order valence-electron chi connectivity index (χ3n) is 4.40. The molecular weight excluding hydrogens is 300 g/mol. The molecule has 1 saturated heterocycles. The van der Waals surface area contributed by atoms with Crippen LogP contribution in [0.1, 0.15) is 40.5 Å². The van der Waals surface area contributed by atoms with Gasteiger partial charge in [-0.3, -0.25) is 19.3 Å². The van der Waals surface area contributed by atoms with E-state index >= 15 is 0 Å². The Bertz CT molecular complexity index is 679. The smallest absolute Gasteiger partial charge is 0.328 e. The van der Waals surface area contributed by atoms with E-state index in [1.807, 2.05) is 0 Å². The second-order valence-electron chi connectivity index (χ2n) is 5.61. The zero-order valence-electron chi connectivity index (χ0n) is 12.6. The second kappa shape index (κ2) is 5.49. The number of hydrogen-bond donors (Lipinski definition) is 1. The van der Waals surface area contributed by atoms with Gasteiger partial charge >= 0.3 is 5.97 Å². The van der Waals surface area contributed by atoms with Crippen molar-refractivity contribution in [1.82, 2.24) is 9.80 Å². The van der Waals surface area contributed by atoms with Crippen LogP contribution < -0.4 is 0 Å². The maximum absolute atomic E-state index is 12.5. The summed E-state index contributed by atoms with van der Waals surface area (Å²) >= 11 is 0. The largest absolute Gasteiger partial charge is 0.480 e. The predicted octanol–water partition coefficient (Wildman–Crippen LogP) is 0.747. The highest BCUT2D eigenvalue weighted by atomic mass is 16.4. The quantitative estimate of drug-likeness (QED) is 0.830.